The van der Waals surface area contributed by atoms with Crippen LogP contribution in [0.5, 0.6) is 0 Å². The molecule has 0 radical (unpaired) electrons. The first-order chi connectivity index (χ1) is 9.19. The summed E-state index contributed by atoms with van der Waals surface area (Å²) in [5, 5.41) is 3.43. The average Bonchev–Trinajstić information content (AvgIpc) is 2.46. The molecule has 1 aliphatic carbocycles. The molecule has 3 nitrogen and oxygen atoms in total. The molecule has 1 aliphatic heterocycles. The summed E-state index contributed by atoms with van der Waals surface area (Å²) in [6.45, 7) is 3.92. The van der Waals surface area contributed by atoms with Crippen molar-refractivity contribution in [2.75, 3.05) is 40.8 Å². The van der Waals surface area contributed by atoms with Crippen molar-refractivity contribution >= 4 is 0 Å². The predicted molar refractivity (Wildman–Crippen MR) is 82.6 cm³/mol. The molecular formula is C16H33N3. The van der Waals surface area contributed by atoms with Crippen LogP contribution in [0.3, 0.4) is 0 Å². The van der Waals surface area contributed by atoms with Crippen LogP contribution < -0.4 is 5.32 Å². The van der Waals surface area contributed by atoms with Crippen molar-refractivity contribution in [3.8, 4) is 0 Å². The normalized spacial score (nSPS) is 30.9. The molecule has 1 saturated heterocycles. The highest BCUT2D eigenvalue weighted by atomic mass is 15.1. The molecule has 1 heterocycles. The zero-order chi connectivity index (χ0) is 13.7. The molecule has 2 fully saturated rings. The van der Waals surface area contributed by atoms with Crippen molar-refractivity contribution in [3.05, 3.63) is 0 Å². The van der Waals surface area contributed by atoms with Gasteiger partial charge in [0, 0.05) is 12.1 Å². The lowest BCUT2D eigenvalue weighted by atomic mass is 9.89. The number of piperidine rings is 1. The summed E-state index contributed by atoms with van der Waals surface area (Å²) in [4.78, 5) is 5.11. The second-order valence-corrected chi connectivity index (χ2v) is 6.81. The van der Waals surface area contributed by atoms with Gasteiger partial charge in [0.05, 0.1) is 0 Å². The van der Waals surface area contributed by atoms with Crippen LogP contribution >= 0.6 is 0 Å². The van der Waals surface area contributed by atoms with E-state index in [1.807, 2.05) is 0 Å². The molecule has 0 aromatic heterocycles. The highest BCUT2D eigenvalue weighted by molar-refractivity contribution is 4.81. The van der Waals surface area contributed by atoms with E-state index in [4.69, 9.17) is 0 Å². The molecule has 2 aliphatic rings. The first-order valence-electron chi connectivity index (χ1n) is 8.25. The molecule has 19 heavy (non-hydrogen) atoms. The molecular weight excluding hydrogens is 234 g/mol. The summed E-state index contributed by atoms with van der Waals surface area (Å²) < 4.78 is 0. The minimum absolute atomic E-state index is 0.776. The van der Waals surface area contributed by atoms with E-state index in [0.717, 1.165) is 18.0 Å². The summed E-state index contributed by atoms with van der Waals surface area (Å²) in [5.74, 6) is 0.979. The van der Waals surface area contributed by atoms with Crippen molar-refractivity contribution in [1.29, 1.82) is 0 Å². The van der Waals surface area contributed by atoms with E-state index in [9.17, 15) is 0 Å². The van der Waals surface area contributed by atoms with E-state index >= 15 is 0 Å². The van der Waals surface area contributed by atoms with Crippen LogP contribution in [0.4, 0.5) is 0 Å². The maximum Gasteiger partial charge on any atom is 0.00933 e. The van der Waals surface area contributed by atoms with Crippen molar-refractivity contribution in [2.45, 2.75) is 57.0 Å². The third-order valence-corrected chi connectivity index (χ3v) is 5.46. The molecule has 0 spiro atoms. The fourth-order valence-electron chi connectivity index (χ4n) is 3.72. The molecule has 0 aromatic rings. The lowest BCUT2D eigenvalue weighted by molar-refractivity contribution is 0.149. The van der Waals surface area contributed by atoms with E-state index in [1.54, 1.807) is 0 Å². The van der Waals surface area contributed by atoms with Crippen LogP contribution in [-0.2, 0) is 0 Å². The Morgan fingerprint density at radius 3 is 2.26 bits per heavy atom. The van der Waals surface area contributed by atoms with Crippen LogP contribution in [0.25, 0.3) is 0 Å². The van der Waals surface area contributed by atoms with Crippen LogP contribution in [-0.4, -0.2) is 62.7 Å². The van der Waals surface area contributed by atoms with E-state index in [2.05, 4.69) is 36.3 Å². The van der Waals surface area contributed by atoms with Gasteiger partial charge < -0.3 is 15.1 Å². The van der Waals surface area contributed by atoms with Crippen LogP contribution in [0, 0.1) is 5.92 Å². The Morgan fingerprint density at radius 1 is 1.05 bits per heavy atom. The van der Waals surface area contributed by atoms with Gasteiger partial charge in [-0.3, -0.25) is 0 Å². The molecule has 3 heteroatoms. The highest BCUT2D eigenvalue weighted by Gasteiger charge is 2.24. The van der Waals surface area contributed by atoms with Gasteiger partial charge in [-0.15, -0.1) is 0 Å². The SMILES string of the molecule is CNC1CCC(N(C)CCC2CCN(C)CC2)CC1. The molecule has 0 amide bonds. The van der Waals surface area contributed by atoms with Gasteiger partial charge in [0.1, 0.15) is 0 Å². The van der Waals surface area contributed by atoms with Crippen molar-refractivity contribution in [2.24, 2.45) is 5.92 Å². The maximum atomic E-state index is 3.43. The summed E-state index contributed by atoms with van der Waals surface area (Å²) >= 11 is 0. The minimum atomic E-state index is 0.776. The summed E-state index contributed by atoms with van der Waals surface area (Å²) in [5.41, 5.74) is 0. The standard InChI is InChI=1S/C16H33N3/c1-17-15-4-6-16(7-5-15)19(3)13-10-14-8-11-18(2)12-9-14/h14-17H,4-13H2,1-3H3. The molecule has 1 saturated carbocycles. The summed E-state index contributed by atoms with van der Waals surface area (Å²) in [7, 11) is 6.71. The zero-order valence-electron chi connectivity index (χ0n) is 13.2. The number of nitrogens with zero attached hydrogens (tertiary/aromatic N) is 2. The van der Waals surface area contributed by atoms with Crippen molar-refractivity contribution in [3.63, 3.8) is 0 Å². The first-order valence-corrected chi connectivity index (χ1v) is 8.25. The monoisotopic (exact) mass is 267 g/mol. The molecule has 0 atom stereocenters. The van der Waals surface area contributed by atoms with Gasteiger partial charge in [-0.2, -0.15) is 0 Å². The summed E-state index contributed by atoms with van der Waals surface area (Å²) in [6.07, 6.45) is 9.73. The summed E-state index contributed by atoms with van der Waals surface area (Å²) in [6, 6.07) is 1.62. The quantitative estimate of drug-likeness (QED) is 0.824. The number of rotatable bonds is 5. The van der Waals surface area contributed by atoms with E-state index in [-0.39, 0.29) is 0 Å². The maximum absolute atomic E-state index is 3.43. The van der Waals surface area contributed by atoms with Gasteiger partial charge in [0.25, 0.3) is 0 Å². The number of nitrogens with one attached hydrogen (secondary N) is 1. The van der Waals surface area contributed by atoms with Crippen LogP contribution in [0.2, 0.25) is 0 Å². The van der Waals surface area contributed by atoms with Gasteiger partial charge in [0.15, 0.2) is 0 Å². The third-order valence-electron chi connectivity index (χ3n) is 5.46. The average molecular weight is 267 g/mol. The van der Waals surface area contributed by atoms with Crippen molar-refractivity contribution < 1.29 is 0 Å². The fraction of sp³-hybridized carbons (Fsp3) is 1.00. The Kier molecular flexibility index (Phi) is 6.11. The Labute approximate surface area is 119 Å². The minimum Gasteiger partial charge on any atom is -0.317 e. The Hall–Kier alpha value is -0.120. The molecule has 0 aromatic carbocycles. The first kappa shape index (κ1) is 15.3. The van der Waals surface area contributed by atoms with Gasteiger partial charge in [0.2, 0.25) is 0 Å². The molecule has 2 rings (SSSR count). The van der Waals surface area contributed by atoms with Gasteiger partial charge in [-0.25, -0.2) is 0 Å². The van der Waals surface area contributed by atoms with E-state index in [1.165, 1.54) is 64.6 Å². The van der Waals surface area contributed by atoms with E-state index < -0.39 is 0 Å². The molecule has 0 bridgehead atoms. The number of likely N-dealkylation sites (tertiary alicyclic amines) is 1. The molecule has 1 N–H and O–H groups in total. The highest BCUT2D eigenvalue weighted by Crippen LogP contribution is 2.24. The number of hydrogen-bond donors (Lipinski definition) is 1. The molecule has 112 valence electrons. The fourth-order valence-corrected chi connectivity index (χ4v) is 3.72. The second-order valence-electron chi connectivity index (χ2n) is 6.81. The van der Waals surface area contributed by atoms with Gasteiger partial charge >= 0.3 is 0 Å². The predicted octanol–water partition coefficient (Wildman–Crippen LogP) is 2.18. The Morgan fingerprint density at radius 2 is 1.68 bits per heavy atom. The lowest BCUT2D eigenvalue weighted by Crippen LogP contribution is -2.41. The smallest absolute Gasteiger partial charge is 0.00933 e. The molecule has 0 unspecified atom stereocenters. The van der Waals surface area contributed by atoms with Gasteiger partial charge in [-0.05, 0) is 91.6 Å². The van der Waals surface area contributed by atoms with Crippen LogP contribution in [0.1, 0.15) is 44.9 Å². The Bertz CT molecular complexity index is 240. The Balaban J connectivity index is 1.63. The van der Waals surface area contributed by atoms with E-state index in [0.29, 0.717) is 0 Å². The van der Waals surface area contributed by atoms with Crippen molar-refractivity contribution in [1.82, 2.24) is 15.1 Å². The largest absolute Gasteiger partial charge is 0.317 e. The number of hydrogen-bond acceptors (Lipinski definition) is 3. The van der Waals surface area contributed by atoms with Gasteiger partial charge in [-0.1, -0.05) is 0 Å². The lowest BCUT2D eigenvalue weighted by Gasteiger charge is -2.36. The topological polar surface area (TPSA) is 18.5 Å². The zero-order valence-corrected chi connectivity index (χ0v) is 13.2. The second kappa shape index (κ2) is 7.61. The van der Waals surface area contributed by atoms with Crippen LogP contribution in [0.15, 0.2) is 0 Å². The third kappa shape index (κ3) is 4.73.